The number of nitrogens with one attached hydrogen (secondary N) is 2. The van der Waals surface area contributed by atoms with E-state index in [-0.39, 0.29) is 11.7 Å². The van der Waals surface area contributed by atoms with E-state index in [0.29, 0.717) is 17.9 Å². The molecule has 6 heteroatoms. The van der Waals surface area contributed by atoms with Crippen LogP contribution in [0.2, 0.25) is 0 Å². The highest BCUT2D eigenvalue weighted by Crippen LogP contribution is 2.16. The first-order valence-corrected chi connectivity index (χ1v) is 8.03. The van der Waals surface area contributed by atoms with Crippen molar-refractivity contribution in [2.24, 2.45) is 5.92 Å². The van der Waals surface area contributed by atoms with Crippen molar-refractivity contribution in [1.82, 2.24) is 10.3 Å². The lowest BCUT2D eigenvalue weighted by molar-refractivity contribution is -0.123. The summed E-state index contributed by atoms with van der Waals surface area (Å²) >= 11 is 0. The van der Waals surface area contributed by atoms with E-state index in [1.807, 2.05) is 0 Å². The predicted molar refractivity (Wildman–Crippen MR) is 88.4 cm³/mol. The standard InChI is InChI=1S/C17H25N3O3/c1-17(2,3)23-16(22)20-15-6-4-5-13(19-15)11-14(21)12-7-9-18-10-8-12/h4-6,12,18H,7-11H2,1-3H3,(H,19,20,22). The molecule has 23 heavy (non-hydrogen) atoms. The molecule has 126 valence electrons. The topological polar surface area (TPSA) is 80.3 Å². The molecule has 1 aliphatic heterocycles. The minimum absolute atomic E-state index is 0.112. The molecule has 0 radical (unpaired) electrons. The smallest absolute Gasteiger partial charge is 0.413 e. The normalized spacial score (nSPS) is 16.0. The zero-order chi connectivity index (χ0) is 16.9. The number of carbonyl (C=O) groups excluding carboxylic acids is 2. The van der Waals surface area contributed by atoms with Gasteiger partial charge in [-0.25, -0.2) is 9.78 Å². The average Bonchev–Trinajstić information content (AvgIpc) is 2.46. The van der Waals surface area contributed by atoms with Gasteiger partial charge in [0.1, 0.15) is 17.2 Å². The maximum absolute atomic E-state index is 12.3. The molecule has 0 aromatic carbocycles. The van der Waals surface area contributed by atoms with Crippen molar-refractivity contribution in [3.63, 3.8) is 0 Å². The summed E-state index contributed by atoms with van der Waals surface area (Å²) in [5.41, 5.74) is 0.106. The minimum Gasteiger partial charge on any atom is -0.444 e. The highest BCUT2D eigenvalue weighted by atomic mass is 16.6. The van der Waals surface area contributed by atoms with E-state index in [2.05, 4.69) is 15.6 Å². The quantitative estimate of drug-likeness (QED) is 0.891. The summed E-state index contributed by atoms with van der Waals surface area (Å²) in [4.78, 5) is 28.4. The molecule has 0 bridgehead atoms. The van der Waals surface area contributed by atoms with Crippen molar-refractivity contribution in [3.05, 3.63) is 23.9 Å². The van der Waals surface area contributed by atoms with Gasteiger partial charge in [0.2, 0.25) is 0 Å². The van der Waals surface area contributed by atoms with Crippen LogP contribution in [-0.2, 0) is 16.0 Å². The molecular formula is C17H25N3O3. The van der Waals surface area contributed by atoms with Crippen LogP contribution in [0.25, 0.3) is 0 Å². The SMILES string of the molecule is CC(C)(C)OC(=O)Nc1cccc(CC(=O)C2CCNCC2)n1. The lowest BCUT2D eigenvalue weighted by Crippen LogP contribution is -2.32. The summed E-state index contributed by atoms with van der Waals surface area (Å²) in [6.07, 6.45) is 1.52. The van der Waals surface area contributed by atoms with Crippen LogP contribution in [0, 0.1) is 5.92 Å². The second kappa shape index (κ2) is 7.55. The van der Waals surface area contributed by atoms with E-state index in [1.165, 1.54) is 0 Å². The van der Waals surface area contributed by atoms with Crippen molar-refractivity contribution in [1.29, 1.82) is 0 Å². The summed E-state index contributed by atoms with van der Waals surface area (Å²) < 4.78 is 5.19. The summed E-state index contributed by atoms with van der Waals surface area (Å²) in [6.45, 7) is 7.19. The van der Waals surface area contributed by atoms with Gasteiger partial charge in [-0.05, 0) is 58.8 Å². The molecule has 0 saturated carbocycles. The van der Waals surface area contributed by atoms with Gasteiger partial charge in [0.15, 0.2) is 0 Å². The zero-order valence-corrected chi connectivity index (χ0v) is 14.0. The number of hydrogen-bond acceptors (Lipinski definition) is 5. The number of amides is 1. The Morgan fingerprint density at radius 1 is 1.30 bits per heavy atom. The number of aromatic nitrogens is 1. The molecule has 1 aromatic rings. The number of pyridine rings is 1. The number of Topliss-reactive ketones (excluding diaryl/α,β-unsaturated/α-hetero) is 1. The lowest BCUT2D eigenvalue weighted by atomic mass is 9.91. The number of hydrogen-bond donors (Lipinski definition) is 2. The van der Waals surface area contributed by atoms with Crippen molar-refractivity contribution in [3.8, 4) is 0 Å². The fraction of sp³-hybridized carbons (Fsp3) is 0.588. The van der Waals surface area contributed by atoms with Crippen molar-refractivity contribution in [2.75, 3.05) is 18.4 Å². The highest BCUT2D eigenvalue weighted by Gasteiger charge is 2.21. The van der Waals surface area contributed by atoms with Gasteiger partial charge < -0.3 is 10.1 Å². The van der Waals surface area contributed by atoms with Crippen LogP contribution < -0.4 is 10.6 Å². The number of carbonyl (C=O) groups is 2. The number of ether oxygens (including phenoxy) is 1. The number of anilines is 1. The van der Waals surface area contributed by atoms with E-state index >= 15 is 0 Å². The largest absolute Gasteiger partial charge is 0.444 e. The molecule has 0 atom stereocenters. The summed E-state index contributed by atoms with van der Waals surface area (Å²) in [7, 11) is 0. The molecule has 0 unspecified atom stereocenters. The van der Waals surface area contributed by atoms with Crippen LogP contribution in [-0.4, -0.2) is 35.6 Å². The van der Waals surface area contributed by atoms with Gasteiger partial charge >= 0.3 is 6.09 Å². The van der Waals surface area contributed by atoms with Gasteiger partial charge in [0, 0.05) is 12.3 Å². The molecular weight excluding hydrogens is 294 g/mol. The number of piperidine rings is 1. The molecule has 2 rings (SSSR count). The second-order valence-electron chi connectivity index (χ2n) is 6.81. The maximum atomic E-state index is 12.3. The molecule has 2 heterocycles. The maximum Gasteiger partial charge on any atom is 0.413 e. The number of nitrogens with zero attached hydrogens (tertiary/aromatic N) is 1. The Morgan fingerprint density at radius 3 is 2.65 bits per heavy atom. The third-order valence-corrected chi connectivity index (χ3v) is 3.59. The Hall–Kier alpha value is -1.95. The van der Waals surface area contributed by atoms with Gasteiger partial charge in [-0.3, -0.25) is 10.1 Å². The molecule has 0 aliphatic carbocycles. The molecule has 2 N–H and O–H groups in total. The average molecular weight is 319 g/mol. The molecule has 1 aromatic heterocycles. The van der Waals surface area contributed by atoms with Crippen LogP contribution in [0.5, 0.6) is 0 Å². The van der Waals surface area contributed by atoms with E-state index < -0.39 is 11.7 Å². The molecule has 1 aliphatic rings. The monoisotopic (exact) mass is 319 g/mol. The second-order valence-corrected chi connectivity index (χ2v) is 6.81. The van der Waals surface area contributed by atoms with Crippen molar-refractivity contribution in [2.45, 2.75) is 45.6 Å². The third kappa shape index (κ3) is 5.98. The molecule has 6 nitrogen and oxygen atoms in total. The van der Waals surface area contributed by atoms with Crippen molar-refractivity contribution < 1.29 is 14.3 Å². The van der Waals surface area contributed by atoms with Gasteiger partial charge in [0.05, 0.1) is 5.69 Å². The van der Waals surface area contributed by atoms with Gasteiger partial charge in [0.25, 0.3) is 0 Å². The first kappa shape index (κ1) is 17.4. The van der Waals surface area contributed by atoms with Gasteiger partial charge in [-0.1, -0.05) is 6.07 Å². The van der Waals surface area contributed by atoms with Crippen LogP contribution in [0.3, 0.4) is 0 Å². The van der Waals surface area contributed by atoms with E-state index in [1.54, 1.807) is 39.0 Å². The molecule has 1 fully saturated rings. The van der Waals surface area contributed by atoms with Crippen LogP contribution >= 0.6 is 0 Å². The molecule has 1 amide bonds. The zero-order valence-electron chi connectivity index (χ0n) is 14.0. The van der Waals surface area contributed by atoms with E-state index in [0.717, 1.165) is 25.9 Å². The van der Waals surface area contributed by atoms with Gasteiger partial charge in [-0.15, -0.1) is 0 Å². The predicted octanol–water partition coefficient (Wildman–Crippen LogP) is 2.54. The third-order valence-electron chi connectivity index (χ3n) is 3.59. The summed E-state index contributed by atoms with van der Waals surface area (Å²) in [5, 5.41) is 5.85. The van der Waals surface area contributed by atoms with Crippen LogP contribution in [0.1, 0.15) is 39.3 Å². The number of rotatable bonds is 4. The number of ketones is 1. The van der Waals surface area contributed by atoms with Crippen molar-refractivity contribution >= 4 is 17.7 Å². The Labute approximate surface area is 137 Å². The fourth-order valence-corrected chi connectivity index (χ4v) is 2.52. The first-order chi connectivity index (χ1) is 10.8. The fourth-order valence-electron chi connectivity index (χ4n) is 2.52. The molecule has 1 saturated heterocycles. The first-order valence-electron chi connectivity index (χ1n) is 8.03. The lowest BCUT2D eigenvalue weighted by Gasteiger charge is -2.21. The Kier molecular flexibility index (Phi) is 5.71. The van der Waals surface area contributed by atoms with Crippen LogP contribution in [0.4, 0.5) is 10.6 Å². The van der Waals surface area contributed by atoms with E-state index in [4.69, 9.17) is 4.74 Å². The molecule has 0 spiro atoms. The summed E-state index contributed by atoms with van der Waals surface area (Å²) in [6, 6.07) is 5.27. The Morgan fingerprint density at radius 2 is 2.00 bits per heavy atom. The van der Waals surface area contributed by atoms with Crippen LogP contribution in [0.15, 0.2) is 18.2 Å². The Balaban J connectivity index is 1.94. The van der Waals surface area contributed by atoms with Gasteiger partial charge in [-0.2, -0.15) is 0 Å². The minimum atomic E-state index is -0.563. The highest BCUT2D eigenvalue weighted by molar-refractivity contribution is 5.84. The summed E-state index contributed by atoms with van der Waals surface area (Å²) in [5.74, 6) is 0.726. The Bertz CT molecular complexity index is 560. The van der Waals surface area contributed by atoms with E-state index in [9.17, 15) is 9.59 Å².